The van der Waals surface area contributed by atoms with E-state index in [-0.39, 0.29) is 25.8 Å². The van der Waals surface area contributed by atoms with Crippen LogP contribution < -0.4 is 4.89 Å². The largest absolute Gasteiger partial charge is 0.756 e. The minimum atomic E-state index is -4.53. The smallest absolute Gasteiger partial charge is 0.306 e. The number of carbonyl (C=O) groups excluding carboxylic acids is 1. The molecule has 0 bridgehead atoms. The normalized spacial score (nSPS) is 14.0. The van der Waals surface area contributed by atoms with Gasteiger partial charge in [-0.1, -0.05) is 172 Å². The van der Waals surface area contributed by atoms with Gasteiger partial charge in [0, 0.05) is 13.0 Å². The number of hydrogen-bond donors (Lipinski definition) is 0. The summed E-state index contributed by atoms with van der Waals surface area (Å²) in [6, 6.07) is 0. The molecule has 0 aromatic rings. The summed E-state index contributed by atoms with van der Waals surface area (Å²) in [6.45, 7) is 5.34. The topological polar surface area (TPSA) is 94.1 Å². The molecule has 0 fully saturated rings. The molecule has 2 atom stereocenters. The minimum Gasteiger partial charge on any atom is -0.756 e. The van der Waals surface area contributed by atoms with E-state index >= 15 is 0 Å². The van der Waals surface area contributed by atoms with Gasteiger partial charge in [-0.05, 0) is 64.2 Å². The second-order valence-electron chi connectivity index (χ2n) is 17.1. The molecule has 0 aromatic carbocycles. The molecule has 0 heterocycles. The van der Waals surface area contributed by atoms with Crippen LogP contribution in [0.3, 0.4) is 0 Å². The number of phosphoric ester groups is 1. The van der Waals surface area contributed by atoms with Crippen LogP contribution in [0.4, 0.5) is 0 Å². The first kappa shape index (κ1) is 55.7. The van der Waals surface area contributed by atoms with Crippen LogP contribution in [0.15, 0.2) is 36.5 Å². The Morgan fingerprint density at radius 2 is 1.00 bits per heavy atom. The summed E-state index contributed by atoms with van der Waals surface area (Å²) in [7, 11) is 1.35. The maximum Gasteiger partial charge on any atom is 0.306 e. The number of esters is 1. The molecule has 0 aliphatic carbocycles. The van der Waals surface area contributed by atoms with E-state index in [1.54, 1.807) is 0 Å². The highest BCUT2D eigenvalue weighted by Gasteiger charge is 2.20. The summed E-state index contributed by atoms with van der Waals surface area (Å²) < 4.78 is 34.6. The predicted molar refractivity (Wildman–Crippen MR) is 240 cm³/mol. The molecular weight excluding hydrogens is 734 g/mol. The molecule has 57 heavy (non-hydrogen) atoms. The van der Waals surface area contributed by atoms with Crippen LogP contribution in [0.2, 0.25) is 0 Å². The van der Waals surface area contributed by atoms with Crippen molar-refractivity contribution >= 4 is 13.8 Å². The number of quaternary nitrogens is 1. The monoisotopic (exact) mass is 826 g/mol. The molecule has 0 spiro atoms. The van der Waals surface area contributed by atoms with Gasteiger partial charge in [0.25, 0.3) is 7.82 Å². The quantitative estimate of drug-likeness (QED) is 0.0198. The Morgan fingerprint density at radius 3 is 1.51 bits per heavy atom. The number of unbranched alkanes of at least 4 members (excludes halogenated alkanes) is 24. The molecule has 0 radical (unpaired) electrons. The van der Waals surface area contributed by atoms with Crippen LogP contribution in [0.5, 0.6) is 0 Å². The number of likely N-dealkylation sites (N-methyl/N-ethyl adjacent to an activating group) is 1. The molecular formula is C48H92NO7P. The summed E-state index contributed by atoms with van der Waals surface area (Å²) >= 11 is 0. The van der Waals surface area contributed by atoms with Crippen LogP contribution in [0.1, 0.15) is 206 Å². The van der Waals surface area contributed by atoms with Gasteiger partial charge in [-0.15, -0.1) is 0 Å². The van der Waals surface area contributed by atoms with E-state index in [1.807, 2.05) is 21.1 Å². The van der Waals surface area contributed by atoms with E-state index in [9.17, 15) is 14.3 Å². The molecule has 9 heteroatoms. The van der Waals surface area contributed by atoms with Crippen molar-refractivity contribution in [2.75, 3.05) is 54.1 Å². The molecule has 336 valence electrons. The number of allylic oxidation sites excluding steroid dienone is 6. The Labute approximate surface area is 353 Å². The first-order valence-corrected chi connectivity index (χ1v) is 25.2. The Kier molecular flexibility index (Phi) is 40.5. The molecule has 0 saturated heterocycles. The maximum absolute atomic E-state index is 12.7. The Morgan fingerprint density at radius 1 is 0.544 bits per heavy atom. The molecule has 0 aromatic heterocycles. The third-order valence-electron chi connectivity index (χ3n) is 10.1. The van der Waals surface area contributed by atoms with Crippen molar-refractivity contribution in [1.29, 1.82) is 0 Å². The van der Waals surface area contributed by atoms with E-state index in [0.717, 1.165) is 64.2 Å². The van der Waals surface area contributed by atoms with Gasteiger partial charge in [0.05, 0.1) is 34.4 Å². The van der Waals surface area contributed by atoms with E-state index < -0.39 is 13.9 Å². The number of hydrogen-bond acceptors (Lipinski definition) is 7. The van der Waals surface area contributed by atoms with Gasteiger partial charge in [0.2, 0.25) is 0 Å². The van der Waals surface area contributed by atoms with E-state index in [2.05, 4.69) is 50.3 Å². The number of phosphoric acid groups is 1. The van der Waals surface area contributed by atoms with Crippen molar-refractivity contribution in [1.82, 2.24) is 0 Å². The average Bonchev–Trinajstić information content (AvgIpc) is 3.16. The molecule has 0 aliphatic heterocycles. The van der Waals surface area contributed by atoms with Crippen LogP contribution >= 0.6 is 7.82 Å². The number of carbonyl (C=O) groups is 1. The number of ether oxygens (including phenoxy) is 2. The van der Waals surface area contributed by atoms with Crippen molar-refractivity contribution in [2.45, 2.75) is 213 Å². The van der Waals surface area contributed by atoms with Crippen molar-refractivity contribution in [2.24, 2.45) is 0 Å². The first-order chi connectivity index (χ1) is 27.6. The third kappa shape index (κ3) is 45.7. The second kappa shape index (κ2) is 41.5. The highest BCUT2D eigenvalue weighted by Crippen LogP contribution is 2.38. The highest BCUT2D eigenvalue weighted by molar-refractivity contribution is 7.45. The van der Waals surface area contributed by atoms with Crippen molar-refractivity contribution in [3.05, 3.63) is 36.5 Å². The SMILES string of the molecule is CCC/C=C\C/C=C\CCCCCCCC(=O)OC(COCCCCCCCCCCCC/C=C\CCCCCCCCCC)COP(=O)([O-])OCC[N+](C)(C)C. The van der Waals surface area contributed by atoms with Crippen LogP contribution in [-0.2, 0) is 27.9 Å². The lowest BCUT2D eigenvalue weighted by atomic mass is 10.1. The third-order valence-corrected chi connectivity index (χ3v) is 11.1. The summed E-state index contributed by atoms with van der Waals surface area (Å²) in [5.74, 6) is -0.348. The van der Waals surface area contributed by atoms with Gasteiger partial charge in [-0.3, -0.25) is 9.36 Å². The first-order valence-electron chi connectivity index (χ1n) is 23.7. The minimum absolute atomic E-state index is 0.0230. The summed E-state index contributed by atoms with van der Waals surface area (Å²) in [5.41, 5.74) is 0. The molecule has 0 rings (SSSR count). The van der Waals surface area contributed by atoms with Crippen molar-refractivity contribution in [3.8, 4) is 0 Å². The fraction of sp³-hybridized carbons (Fsp3) is 0.854. The van der Waals surface area contributed by atoms with E-state index in [4.69, 9.17) is 18.5 Å². The van der Waals surface area contributed by atoms with Gasteiger partial charge in [0.1, 0.15) is 19.3 Å². The van der Waals surface area contributed by atoms with Gasteiger partial charge >= 0.3 is 5.97 Å². The van der Waals surface area contributed by atoms with Crippen LogP contribution in [0, 0.1) is 0 Å². The van der Waals surface area contributed by atoms with Gasteiger partial charge in [-0.25, -0.2) is 0 Å². The standard InChI is InChI=1S/C48H92NO7P/c1-6-8-10-12-14-16-18-20-21-22-23-24-25-26-27-28-30-32-34-36-38-40-43-53-45-47(46-55-57(51,52)54-44-42-49(3,4)5)56-48(50)41-39-37-35-33-31-29-19-17-15-13-11-9-7-2/h11,13,17,19,22-23,47H,6-10,12,14-16,18,20-21,24-46H2,1-5H3/b13-11-,19-17-,23-22-. The summed E-state index contributed by atoms with van der Waals surface area (Å²) in [6.07, 6.45) is 48.8. The highest BCUT2D eigenvalue weighted by atomic mass is 31.2. The molecule has 2 unspecified atom stereocenters. The Bertz CT molecular complexity index is 1010. The van der Waals surface area contributed by atoms with E-state index in [0.29, 0.717) is 24.1 Å². The molecule has 0 amide bonds. The number of nitrogens with zero attached hydrogens (tertiary/aromatic N) is 1. The van der Waals surface area contributed by atoms with Crippen LogP contribution in [0.25, 0.3) is 0 Å². The molecule has 8 nitrogen and oxygen atoms in total. The average molecular weight is 826 g/mol. The predicted octanol–water partition coefficient (Wildman–Crippen LogP) is 13.5. The summed E-state index contributed by atoms with van der Waals surface area (Å²) in [4.78, 5) is 25.1. The number of rotatable bonds is 44. The lowest BCUT2D eigenvalue weighted by molar-refractivity contribution is -0.870. The fourth-order valence-electron chi connectivity index (χ4n) is 6.46. The summed E-state index contributed by atoms with van der Waals surface area (Å²) in [5, 5.41) is 0. The molecule has 0 N–H and O–H groups in total. The fourth-order valence-corrected chi connectivity index (χ4v) is 7.19. The second-order valence-corrected chi connectivity index (χ2v) is 18.5. The van der Waals surface area contributed by atoms with Gasteiger partial charge < -0.3 is 27.9 Å². The lowest BCUT2D eigenvalue weighted by Gasteiger charge is -2.28. The van der Waals surface area contributed by atoms with Crippen LogP contribution in [-0.4, -0.2) is 70.7 Å². The van der Waals surface area contributed by atoms with Gasteiger partial charge in [0.15, 0.2) is 0 Å². The zero-order valence-corrected chi connectivity index (χ0v) is 38.9. The zero-order valence-electron chi connectivity index (χ0n) is 38.0. The Balaban J connectivity index is 4.13. The van der Waals surface area contributed by atoms with E-state index in [1.165, 1.54) is 122 Å². The van der Waals surface area contributed by atoms with Crippen molar-refractivity contribution in [3.63, 3.8) is 0 Å². The Hall–Kier alpha value is -1.28. The van der Waals surface area contributed by atoms with Crippen molar-refractivity contribution < 1.29 is 37.3 Å². The molecule has 0 saturated carbocycles. The lowest BCUT2D eigenvalue weighted by Crippen LogP contribution is -2.37. The maximum atomic E-state index is 12.7. The van der Waals surface area contributed by atoms with Gasteiger partial charge in [-0.2, -0.15) is 0 Å². The zero-order chi connectivity index (χ0) is 42.0. The molecule has 0 aliphatic rings.